The predicted molar refractivity (Wildman–Crippen MR) is 118 cm³/mol. The molecule has 30 heavy (non-hydrogen) atoms. The minimum absolute atomic E-state index is 0.178. The van der Waals surface area contributed by atoms with Crippen LogP contribution in [0.2, 0.25) is 0 Å². The number of H-pyrrole nitrogens is 1. The van der Waals surface area contributed by atoms with Gasteiger partial charge in [0.25, 0.3) is 5.91 Å². The van der Waals surface area contributed by atoms with Gasteiger partial charge in [0.1, 0.15) is 5.75 Å². The molecular weight excluding hydrogens is 382 g/mol. The van der Waals surface area contributed by atoms with E-state index in [1.165, 1.54) is 0 Å². The predicted octanol–water partition coefficient (Wildman–Crippen LogP) is 3.50. The van der Waals surface area contributed by atoms with E-state index in [4.69, 9.17) is 9.47 Å². The van der Waals surface area contributed by atoms with Crippen LogP contribution in [0.15, 0.2) is 18.2 Å². The standard InChI is InChI=1S/C23H29N3O4/c1-6-30-23(28)21-14(2)24-20(16(21)8-7-11-26(3)4)13-18-17-12-15(29-5)9-10-19(17)25-22(18)27/h9-10,12-13,24H,6-8,11H2,1-5H3,(H,25,27). The SMILES string of the molecule is CCOC(=O)c1c(C)[nH]c(C=C2C(=O)Nc3ccc(OC)cc32)c1CCCN(C)C. The number of aryl methyl sites for hydroxylation is 1. The van der Waals surface area contributed by atoms with Gasteiger partial charge in [-0.2, -0.15) is 0 Å². The molecule has 0 bridgehead atoms. The summed E-state index contributed by atoms with van der Waals surface area (Å²) >= 11 is 0. The summed E-state index contributed by atoms with van der Waals surface area (Å²) in [6, 6.07) is 5.48. The molecule has 0 saturated carbocycles. The molecule has 0 fully saturated rings. The monoisotopic (exact) mass is 411 g/mol. The normalized spacial score (nSPS) is 14.2. The maximum absolute atomic E-state index is 12.6. The number of nitrogens with zero attached hydrogens (tertiary/aromatic N) is 1. The van der Waals surface area contributed by atoms with Gasteiger partial charge in [-0.3, -0.25) is 4.79 Å². The lowest BCUT2D eigenvalue weighted by molar-refractivity contribution is -0.110. The molecule has 1 aliphatic heterocycles. The van der Waals surface area contributed by atoms with Crippen LogP contribution in [-0.4, -0.2) is 56.1 Å². The second-order valence-corrected chi connectivity index (χ2v) is 7.57. The fourth-order valence-electron chi connectivity index (χ4n) is 3.72. The second-order valence-electron chi connectivity index (χ2n) is 7.57. The van der Waals surface area contributed by atoms with Crippen LogP contribution < -0.4 is 10.1 Å². The number of amides is 1. The van der Waals surface area contributed by atoms with E-state index in [1.807, 2.05) is 45.3 Å². The molecule has 1 aromatic heterocycles. The Labute approximate surface area is 177 Å². The molecule has 2 N–H and O–H groups in total. The van der Waals surface area contributed by atoms with E-state index in [9.17, 15) is 9.59 Å². The van der Waals surface area contributed by atoms with Gasteiger partial charge in [-0.15, -0.1) is 0 Å². The lowest BCUT2D eigenvalue weighted by Gasteiger charge is -2.10. The van der Waals surface area contributed by atoms with Crippen LogP contribution in [0.25, 0.3) is 11.6 Å². The van der Waals surface area contributed by atoms with Gasteiger partial charge >= 0.3 is 5.97 Å². The van der Waals surface area contributed by atoms with E-state index in [-0.39, 0.29) is 11.9 Å². The fourth-order valence-corrected chi connectivity index (χ4v) is 3.72. The number of methoxy groups -OCH3 is 1. The molecular formula is C23H29N3O4. The number of anilines is 1. The minimum Gasteiger partial charge on any atom is -0.497 e. The number of ether oxygens (including phenoxy) is 2. The maximum atomic E-state index is 12.6. The van der Waals surface area contributed by atoms with Gasteiger partial charge in [0.2, 0.25) is 0 Å². The average Bonchev–Trinajstić information content (AvgIpc) is 3.17. The van der Waals surface area contributed by atoms with Gasteiger partial charge in [0, 0.05) is 22.6 Å². The molecule has 7 heteroatoms. The van der Waals surface area contributed by atoms with Gasteiger partial charge in [-0.1, -0.05) is 0 Å². The largest absolute Gasteiger partial charge is 0.497 e. The molecule has 0 spiro atoms. The summed E-state index contributed by atoms with van der Waals surface area (Å²) in [6.45, 7) is 4.85. The Hall–Kier alpha value is -3.06. The topological polar surface area (TPSA) is 83.7 Å². The number of carbonyl (C=O) groups is 2. The molecule has 3 rings (SSSR count). The van der Waals surface area contributed by atoms with Crippen LogP contribution in [0.5, 0.6) is 5.75 Å². The van der Waals surface area contributed by atoms with Crippen LogP contribution in [0.3, 0.4) is 0 Å². The first-order valence-electron chi connectivity index (χ1n) is 10.1. The summed E-state index contributed by atoms with van der Waals surface area (Å²) < 4.78 is 10.6. The van der Waals surface area contributed by atoms with E-state index in [0.717, 1.165) is 41.2 Å². The van der Waals surface area contributed by atoms with Gasteiger partial charge in [0.15, 0.2) is 0 Å². The number of benzene rings is 1. The summed E-state index contributed by atoms with van der Waals surface area (Å²) in [5.74, 6) is 0.161. The molecule has 160 valence electrons. The minimum atomic E-state index is -0.339. The van der Waals surface area contributed by atoms with E-state index < -0.39 is 0 Å². The van der Waals surface area contributed by atoms with Crippen molar-refractivity contribution in [2.45, 2.75) is 26.7 Å². The number of fused-ring (bicyclic) bond motifs is 1. The van der Waals surface area contributed by atoms with Crippen molar-refractivity contribution in [1.82, 2.24) is 9.88 Å². The summed E-state index contributed by atoms with van der Waals surface area (Å²) in [5, 5.41) is 2.89. The highest BCUT2D eigenvalue weighted by Crippen LogP contribution is 2.36. The molecule has 0 aliphatic carbocycles. The first kappa shape index (κ1) is 21.6. The summed E-state index contributed by atoms with van der Waals surface area (Å²) in [4.78, 5) is 30.7. The van der Waals surface area contributed by atoms with Gasteiger partial charge < -0.3 is 24.7 Å². The third kappa shape index (κ3) is 4.41. The van der Waals surface area contributed by atoms with Crippen molar-refractivity contribution >= 4 is 29.2 Å². The van der Waals surface area contributed by atoms with E-state index >= 15 is 0 Å². The molecule has 1 amide bonds. The van der Waals surface area contributed by atoms with Crippen molar-refractivity contribution in [2.75, 3.05) is 39.7 Å². The van der Waals surface area contributed by atoms with Crippen LogP contribution in [-0.2, 0) is 16.0 Å². The summed E-state index contributed by atoms with van der Waals surface area (Å²) in [7, 11) is 5.63. The van der Waals surface area contributed by atoms with E-state index in [1.54, 1.807) is 14.0 Å². The highest BCUT2D eigenvalue weighted by atomic mass is 16.5. The Bertz CT molecular complexity index is 989. The number of hydrogen-bond donors (Lipinski definition) is 2. The molecule has 0 saturated heterocycles. The third-order valence-corrected chi connectivity index (χ3v) is 5.13. The second kappa shape index (κ2) is 9.17. The van der Waals surface area contributed by atoms with Crippen molar-refractivity contribution in [3.8, 4) is 5.75 Å². The van der Waals surface area contributed by atoms with E-state index in [2.05, 4.69) is 15.2 Å². The molecule has 2 aromatic rings. The Balaban J connectivity index is 2.06. The van der Waals surface area contributed by atoms with Crippen LogP contribution in [0.1, 0.15) is 46.2 Å². The van der Waals surface area contributed by atoms with Crippen LogP contribution >= 0.6 is 0 Å². The van der Waals surface area contributed by atoms with Crippen molar-refractivity contribution in [2.24, 2.45) is 0 Å². The quantitative estimate of drug-likeness (QED) is 0.513. The van der Waals surface area contributed by atoms with Crippen molar-refractivity contribution in [3.63, 3.8) is 0 Å². The highest BCUT2D eigenvalue weighted by Gasteiger charge is 2.27. The first-order valence-corrected chi connectivity index (χ1v) is 10.1. The highest BCUT2D eigenvalue weighted by molar-refractivity contribution is 6.35. The zero-order valence-corrected chi connectivity index (χ0v) is 18.2. The third-order valence-electron chi connectivity index (χ3n) is 5.13. The van der Waals surface area contributed by atoms with Crippen LogP contribution in [0.4, 0.5) is 5.69 Å². The smallest absolute Gasteiger partial charge is 0.340 e. The zero-order chi connectivity index (χ0) is 21.8. The van der Waals surface area contributed by atoms with Gasteiger partial charge in [-0.25, -0.2) is 4.79 Å². The summed E-state index contributed by atoms with van der Waals surface area (Å²) in [5.41, 5.74) is 5.00. The number of aromatic amines is 1. The molecule has 1 aliphatic rings. The molecule has 0 unspecified atom stereocenters. The zero-order valence-electron chi connectivity index (χ0n) is 18.2. The fraction of sp³-hybridized carbons (Fsp3) is 0.391. The Kier molecular flexibility index (Phi) is 6.62. The molecule has 2 heterocycles. The first-order chi connectivity index (χ1) is 14.3. The molecule has 1 aromatic carbocycles. The number of rotatable bonds is 8. The van der Waals surface area contributed by atoms with Gasteiger partial charge in [0.05, 0.1) is 24.9 Å². The molecule has 7 nitrogen and oxygen atoms in total. The lowest BCUT2D eigenvalue weighted by Crippen LogP contribution is -2.14. The number of nitrogens with one attached hydrogen (secondary N) is 2. The Morgan fingerprint density at radius 2 is 2.03 bits per heavy atom. The molecule has 0 radical (unpaired) electrons. The number of aromatic nitrogens is 1. The Morgan fingerprint density at radius 3 is 2.70 bits per heavy atom. The van der Waals surface area contributed by atoms with Crippen molar-refractivity contribution in [1.29, 1.82) is 0 Å². The van der Waals surface area contributed by atoms with E-state index in [0.29, 0.717) is 29.9 Å². The average molecular weight is 412 g/mol. The number of carbonyl (C=O) groups excluding carboxylic acids is 2. The van der Waals surface area contributed by atoms with Crippen LogP contribution in [0, 0.1) is 6.92 Å². The van der Waals surface area contributed by atoms with Crippen molar-refractivity contribution < 1.29 is 19.1 Å². The maximum Gasteiger partial charge on any atom is 0.340 e. The van der Waals surface area contributed by atoms with Gasteiger partial charge in [-0.05, 0) is 77.2 Å². The summed E-state index contributed by atoms with van der Waals surface area (Å²) in [6.07, 6.45) is 3.40. The van der Waals surface area contributed by atoms with Crippen molar-refractivity contribution in [3.05, 3.63) is 46.3 Å². The molecule has 0 atom stereocenters. The number of esters is 1. The lowest BCUT2D eigenvalue weighted by atomic mass is 10.00. The number of hydrogen-bond acceptors (Lipinski definition) is 5. The Morgan fingerprint density at radius 1 is 1.27 bits per heavy atom.